The summed E-state index contributed by atoms with van der Waals surface area (Å²) < 4.78 is 1.24. The van der Waals surface area contributed by atoms with Crippen LogP contribution in [-0.4, -0.2) is 29.3 Å². The van der Waals surface area contributed by atoms with Gasteiger partial charge in [-0.2, -0.15) is 11.8 Å². The van der Waals surface area contributed by atoms with Crippen molar-refractivity contribution in [1.29, 1.82) is 0 Å². The molecule has 1 rings (SSSR count). The second-order valence-corrected chi connectivity index (χ2v) is 6.70. The number of benzene rings is 1. The monoisotopic (exact) mass is 365 g/mol. The van der Waals surface area contributed by atoms with Crippen molar-refractivity contribution >= 4 is 34.4 Å². The summed E-state index contributed by atoms with van der Waals surface area (Å²) in [6.07, 6.45) is 2.01. The summed E-state index contributed by atoms with van der Waals surface area (Å²) >= 11 is 3.97. The van der Waals surface area contributed by atoms with Gasteiger partial charge in [-0.25, -0.2) is 0 Å². The van der Waals surface area contributed by atoms with E-state index in [1.807, 2.05) is 13.2 Å². The summed E-state index contributed by atoms with van der Waals surface area (Å²) in [6.45, 7) is 4.61. The quantitative estimate of drug-likeness (QED) is 0.760. The van der Waals surface area contributed by atoms with Crippen molar-refractivity contribution in [3.8, 4) is 0 Å². The molecule has 0 saturated carbocycles. The smallest absolute Gasteiger partial charge is 0.0833 e. The van der Waals surface area contributed by atoms with Crippen LogP contribution in [0.2, 0.25) is 0 Å². The topological polar surface area (TPSA) is 32.3 Å². The van der Waals surface area contributed by atoms with Crippen LogP contribution in [0.15, 0.2) is 24.3 Å². The van der Waals surface area contributed by atoms with Crippen molar-refractivity contribution < 1.29 is 5.11 Å². The molecule has 0 aliphatic rings. The molecule has 0 saturated heterocycles. The summed E-state index contributed by atoms with van der Waals surface area (Å²) in [7, 11) is 0. The Labute approximate surface area is 122 Å². The molecule has 0 aliphatic heterocycles. The van der Waals surface area contributed by atoms with Crippen molar-refractivity contribution in [2.75, 3.05) is 18.6 Å². The molecule has 2 atom stereocenters. The average Bonchev–Trinajstić information content (AvgIpc) is 2.27. The van der Waals surface area contributed by atoms with Crippen LogP contribution in [0.25, 0.3) is 0 Å². The molecule has 4 heteroatoms. The molecular weight excluding hydrogens is 345 g/mol. The number of nitrogens with one attached hydrogen (secondary N) is 1. The molecule has 0 heterocycles. The van der Waals surface area contributed by atoms with E-state index in [9.17, 15) is 5.11 Å². The van der Waals surface area contributed by atoms with Gasteiger partial charge in [-0.05, 0) is 60.4 Å². The van der Waals surface area contributed by atoms with Gasteiger partial charge in [0.05, 0.1) is 5.60 Å². The highest BCUT2D eigenvalue weighted by Crippen LogP contribution is 2.16. The number of hydrogen-bond donors (Lipinski definition) is 2. The minimum Gasteiger partial charge on any atom is -0.388 e. The maximum Gasteiger partial charge on any atom is 0.0833 e. The van der Waals surface area contributed by atoms with Crippen molar-refractivity contribution in [1.82, 2.24) is 5.32 Å². The molecule has 2 N–H and O–H groups in total. The lowest BCUT2D eigenvalue weighted by Crippen LogP contribution is -2.40. The van der Waals surface area contributed by atoms with Crippen LogP contribution in [0.5, 0.6) is 0 Å². The third kappa shape index (κ3) is 5.59. The number of aliphatic hydroxyl groups is 1. The van der Waals surface area contributed by atoms with Crippen LogP contribution >= 0.6 is 34.4 Å². The van der Waals surface area contributed by atoms with Gasteiger partial charge < -0.3 is 10.4 Å². The second-order valence-electron chi connectivity index (χ2n) is 4.58. The molecule has 0 aromatic heterocycles. The fourth-order valence-electron chi connectivity index (χ4n) is 1.60. The van der Waals surface area contributed by atoms with Gasteiger partial charge in [0.25, 0.3) is 0 Å². The Morgan fingerprint density at radius 2 is 2.00 bits per heavy atom. The maximum atomic E-state index is 10.1. The molecule has 0 spiro atoms. The summed E-state index contributed by atoms with van der Waals surface area (Å²) in [5.41, 5.74) is 0.613. The third-order valence-electron chi connectivity index (χ3n) is 2.61. The highest BCUT2D eigenvalue weighted by atomic mass is 127. The average molecular weight is 365 g/mol. The molecule has 1 aromatic rings. The van der Waals surface area contributed by atoms with Crippen molar-refractivity contribution in [2.24, 2.45) is 0 Å². The normalized spacial score (nSPS) is 16.5. The molecular formula is C13H20INOS. The minimum atomic E-state index is -0.642. The van der Waals surface area contributed by atoms with E-state index in [0.29, 0.717) is 6.54 Å². The fourth-order valence-corrected chi connectivity index (χ4v) is 2.69. The molecule has 2 unspecified atom stereocenters. The van der Waals surface area contributed by atoms with E-state index in [-0.39, 0.29) is 6.04 Å². The Hall–Kier alpha value is 0.220. The predicted molar refractivity (Wildman–Crippen MR) is 84.6 cm³/mol. The first-order valence-corrected chi connectivity index (χ1v) is 8.12. The van der Waals surface area contributed by atoms with Crippen LogP contribution in [0, 0.1) is 3.57 Å². The highest BCUT2D eigenvalue weighted by molar-refractivity contribution is 14.1. The first kappa shape index (κ1) is 15.3. The van der Waals surface area contributed by atoms with Crippen molar-refractivity contribution in [3.63, 3.8) is 0 Å². The first-order valence-electron chi connectivity index (χ1n) is 5.65. The van der Waals surface area contributed by atoms with Crippen LogP contribution in [0.1, 0.15) is 25.5 Å². The number of thioether (sulfide) groups is 1. The minimum absolute atomic E-state index is 0.264. The zero-order chi connectivity index (χ0) is 12.9. The largest absolute Gasteiger partial charge is 0.388 e. The van der Waals surface area contributed by atoms with E-state index >= 15 is 0 Å². The first-order chi connectivity index (χ1) is 7.94. The van der Waals surface area contributed by atoms with Crippen LogP contribution in [0.4, 0.5) is 0 Å². The van der Waals surface area contributed by atoms with Gasteiger partial charge in [0, 0.05) is 21.9 Å². The molecule has 0 radical (unpaired) electrons. The number of hydrogen-bond acceptors (Lipinski definition) is 3. The van der Waals surface area contributed by atoms with Gasteiger partial charge in [0.2, 0.25) is 0 Å². The highest BCUT2D eigenvalue weighted by Gasteiger charge is 2.20. The second kappa shape index (κ2) is 6.97. The molecule has 1 aromatic carbocycles. The van der Waals surface area contributed by atoms with Crippen LogP contribution in [-0.2, 0) is 0 Å². The third-order valence-corrected chi connectivity index (χ3v) is 4.24. The summed E-state index contributed by atoms with van der Waals surface area (Å²) in [4.78, 5) is 0. The van der Waals surface area contributed by atoms with E-state index in [1.165, 1.54) is 9.13 Å². The number of rotatable bonds is 6. The molecule has 96 valence electrons. The molecule has 0 amide bonds. The van der Waals surface area contributed by atoms with E-state index in [4.69, 9.17) is 0 Å². The Morgan fingerprint density at radius 3 is 2.53 bits per heavy atom. The van der Waals surface area contributed by atoms with E-state index in [1.54, 1.807) is 11.8 Å². The maximum absolute atomic E-state index is 10.1. The standard InChI is InChI=1S/C13H20INOS/c1-10(11-4-6-12(14)7-5-11)15-8-13(2,16)9-17-3/h4-7,10,15-16H,8-9H2,1-3H3. The van der Waals surface area contributed by atoms with Crippen LogP contribution < -0.4 is 5.32 Å². The Morgan fingerprint density at radius 1 is 1.41 bits per heavy atom. The summed E-state index contributed by atoms with van der Waals surface area (Å²) in [5.74, 6) is 0.749. The van der Waals surface area contributed by atoms with Crippen LogP contribution in [0.3, 0.4) is 0 Å². The van der Waals surface area contributed by atoms with Crippen molar-refractivity contribution in [3.05, 3.63) is 33.4 Å². The molecule has 2 nitrogen and oxygen atoms in total. The van der Waals surface area contributed by atoms with E-state index < -0.39 is 5.60 Å². The Balaban J connectivity index is 2.49. The molecule has 17 heavy (non-hydrogen) atoms. The Bertz CT molecular complexity index is 340. The molecule has 0 aliphatic carbocycles. The zero-order valence-electron chi connectivity index (χ0n) is 10.5. The lowest BCUT2D eigenvalue weighted by Gasteiger charge is -2.25. The summed E-state index contributed by atoms with van der Waals surface area (Å²) in [5, 5.41) is 13.4. The zero-order valence-corrected chi connectivity index (χ0v) is 13.5. The van der Waals surface area contributed by atoms with Gasteiger partial charge >= 0.3 is 0 Å². The summed E-state index contributed by atoms with van der Waals surface area (Å²) in [6, 6.07) is 8.73. The number of halogens is 1. The Kier molecular flexibility index (Phi) is 6.26. The van der Waals surface area contributed by atoms with E-state index in [0.717, 1.165) is 5.75 Å². The van der Waals surface area contributed by atoms with Gasteiger partial charge in [-0.1, -0.05) is 12.1 Å². The lowest BCUT2D eigenvalue weighted by molar-refractivity contribution is 0.0821. The predicted octanol–water partition coefficient (Wildman–Crippen LogP) is 3.06. The molecule has 0 fully saturated rings. The van der Waals surface area contributed by atoms with Gasteiger partial charge in [-0.3, -0.25) is 0 Å². The fraction of sp³-hybridized carbons (Fsp3) is 0.538. The SMILES string of the molecule is CSCC(C)(O)CNC(C)c1ccc(I)cc1. The van der Waals surface area contributed by atoms with Crippen molar-refractivity contribution in [2.45, 2.75) is 25.5 Å². The van der Waals surface area contributed by atoms with Gasteiger partial charge in [0.15, 0.2) is 0 Å². The lowest BCUT2D eigenvalue weighted by atomic mass is 10.1. The van der Waals surface area contributed by atoms with Gasteiger partial charge in [-0.15, -0.1) is 0 Å². The van der Waals surface area contributed by atoms with Gasteiger partial charge in [0.1, 0.15) is 0 Å². The molecule has 0 bridgehead atoms. The van der Waals surface area contributed by atoms with E-state index in [2.05, 4.69) is 59.1 Å².